The number of para-hydroxylation sites is 3. The Balaban J connectivity index is 0.000000149. The van der Waals surface area contributed by atoms with Gasteiger partial charge in [-0.15, -0.1) is 0 Å². The van der Waals surface area contributed by atoms with Crippen LogP contribution in [0.1, 0.15) is 0 Å². The fourth-order valence-electron chi connectivity index (χ4n) is 12.0. The third-order valence-corrected chi connectivity index (χ3v) is 16.8. The van der Waals surface area contributed by atoms with Crippen molar-refractivity contribution in [2.75, 3.05) is 0 Å². The maximum Gasteiger partial charge on any atom is 0.164 e. The highest BCUT2D eigenvalue weighted by Crippen LogP contribution is 2.36. The molecule has 0 saturated heterocycles. The second-order valence-electron chi connectivity index (χ2n) is 22.6. The minimum Gasteiger partial charge on any atom is -0.256 e. The predicted octanol–water partition coefficient (Wildman–Crippen LogP) is 20.4. The van der Waals surface area contributed by atoms with Crippen molar-refractivity contribution in [1.82, 2.24) is 44.9 Å². The number of nitrogens with zero attached hydrogens (tertiary/aromatic N) is 9. The molecule has 5 aromatic heterocycles. The summed E-state index contributed by atoms with van der Waals surface area (Å²) in [5.41, 5.74) is 17.4. The molecular formula is C83H53N9. The molecule has 92 heavy (non-hydrogen) atoms. The normalized spacial score (nSPS) is 11.3. The monoisotopic (exact) mass is 1180 g/mol. The van der Waals surface area contributed by atoms with Crippen LogP contribution in [0.25, 0.3) is 167 Å². The summed E-state index contributed by atoms with van der Waals surface area (Å²) in [7, 11) is 0. The van der Waals surface area contributed by atoms with E-state index in [4.69, 9.17) is 29.9 Å². The van der Waals surface area contributed by atoms with Gasteiger partial charge in [0.25, 0.3) is 0 Å². The van der Waals surface area contributed by atoms with Crippen molar-refractivity contribution in [2.45, 2.75) is 0 Å². The van der Waals surface area contributed by atoms with Gasteiger partial charge in [0, 0.05) is 84.8 Å². The first-order valence-electron chi connectivity index (χ1n) is 30.6. The van der Waals surface area contributed by atoms with Gasteiger partial charge < -0.3 is 0 Å². The number of pyridine rings is 3. The van der Waals surface area contributed by atoms with E-state index in [-0.39, 0.29) is 0 Å². The smallest absolute Gasteiger partial charge is 0.164 e. The van der Waals surface area contributed by atoms with E-state index in [1.54, 1.807) is 0 Å². The van der Waals surface area contributed by atoms with Crippen molar-refractivity contribution in [3.05, 3.63) is 322 Å². The predicted molar refractivity (Wildman–Crippen MR) is 375 cm³/mol. The maximum absolute atomic E-state index is 5.02. The van der Waals surface area contributed by atoms with Crippen molar-refractivity contribution >= 4 is 54.3 Å². The molecule has 5 heterocycles. The number of rotatable bonds is 10. The van der Waals surface area contributed by atoms with Crippen molar-refractivity contribution in [3.8, 4) is 113 Å². The molecule has 0 aliphatic carbocycles. The zero-order chi connectivity index (χ0) is 61.2. The van der Waals surface area contributed by atoms with Crippen LogP contribution in [0.15, 0.2) is 322 Å². The van der Waals surface area contributed by atoms with Crippen LogP contribution in [0, 0.1) is 0 Å². The quantitative estimate of drug-likeness (QED) is 0.132. The van der Waals surface area contributed by atoms with Gasteiger partial charge in [-0.1, -0.05) is 273 Å². The molecule has 9 heteroatoms. The molecule has 17 rings (SSSR count). The number of aromatic nitrogens is 9. The third kappa shape index (κ3) is 11.0. The molecule has 0 radical (unpaired) electrons. The molecule has 0 spiro atoms. The Morgan fingerprint density at radius 3 is 0.750 bits per heavy atom. The Morgan fingerprint density at radius 1 is 0.152 bits per heavy atom. The fraction of sp³-hybridized carbons (Fsp3) is 0. The highest BCUT2D eigenvalue weighted by Gasteiger charge is 2.17. The molecule has 9 nitrogen and oxygen atoms in total. The SMILES string of the molecule is c1ccc(-c2ccc(-c3nc(-c4ccc(-c5cccc6cccnc56)cc4)nc(-c4ccc(-c5cccc6cccnc56)cc4)n3)cc2)cc1.c1ccc2cc(-c3nc(-c4ccc(-c5cccc6cccnc56)cc4)nc(-c4ccc5ccccc5c4)n3)ccc2c1. The van der Waals surface area contributed by atoms with Crippen LogP contribution >= 0.6 is 0 Å². The Kier molecular flexibility index (Phi) is 14.4. The molecule has 0 fully saturated rings. The number of fused-ring (bicyclic) bond motifs is 5. The highest BCUT2D eigenvalue weighted by molar-refractivity contribution is 5.96. The highest BCUT2D eigenvalue weighted by atomic mass is 15.0. The molecule has 0 amide bonds. The van der Waals surface area contributed by atoms with Crippen molar-refractivity contribution in [3.63, 3.8) is 0 Å². The van der Waals surface area contributed by atoms with E-state index in [2.05, 4.69) is 294 Å². The molecular weight excluding hydrogens is 1120 g/mol. The van der Waals surface area contributed by atoms with E-state index < -0.39 is 0 Å². The molecule has 17 aromatic rings. The molecule has 0 bridgehead atoms. The lowest BCUT2D eigenvalue weighted by Gasteiger charge is -2.11. The summed E-state index contributed by atoms with van der Waals surface area (Å²) >= 11 is 0. The second kappa shape index (κ2) is 24.2. The van der Waals surface area contributed by atoms with Gasteiger partial charge in [-0.05, 0) is 79.7 Å². The summed E-state index contributed by atoms with van der Waals surface area (Å²) in [6.07, 6.45) is 5.52. The van der Waals surface area contributed by atoms with Crippen molar-refractivity contribution in [2.24, 2.45) is 0 Å². The van der Waals surface area contributed by atoms with Gasteiger partial charge in [0.2, 0.25) is 0 Å². The number of hydrogen-bond acceptors (Lipinski definition) is 9. The first-order chi connectivity index (χ1) is 45.5. The molecule has 0 aliphatic heterocycles. The summed E-state index contributed by atoms with van der Waals surface area (Å²) in [6, 6.07) is 104. The van der Waals surface area contributed by atoms with Gasteiger partial charge >= 0.3 is 0 Å². The van der Waals surface area contributed by atoms with Gasteiger partial charge in [0.15, 0.2) is 34.9 Å². The Labute approximate surface area is 530 Å². The van der Waals surface area contributed by atoms with Crippen LogP contribution in [-0.2, 0) is 0 Å². The Bertz CT molecular complexity index is 5310. The van der Waals surface area contributed by atoms with Crippen LogP contribution in [0.4, 0.5) is 0 Å². The lowest BCUT2D eigenvalue weighted by Crippen LogP contribution is -2.00. The lowest BCUT2D eigenvalue weighted by atomic mass is 10.00. The van der Waals surface area contributed by atoms with E-state index >= 15 is 0 Å². The second-order valence-corrected chi connectivity index (χ2v) is 22.6. The summed E-state index contributed by atoms with van der Waals surface area (Å²) in [5, 5.41) is 8.02. The van der Waals surface area contributed by atoms with Gasteiger partial charge in [-0.3, -0.25) is 15.0 Å². The average molecular weight is 1180 g/mol. The fourth-order valence-corrected chi connectivity index (χ4v) is 12.0. The van der Waals surface area contributed by atoms with Crippen LogP contribution in [0.2, 0.25) is 0 Å². The Hall–Kier alpha value is -12.6. The van der Waals surface area contributed by atoms with Gasteiger partial charge in [-0.25, -0.2) is 29.9 Å². The van der Waals surface area contributed by atoms with Gasteiger partial charge in [0.05, 0.1) is 16.6 Å². The first-order valence-corrected chi connectivity index (χ1v) is 30.6. The summed E-state index contributed by atoms with van der Waals surface area (Å²) < 4.78 is 0. The van der Waals surface area contributed by atoms with Crippen LogP contribution in [-0.4, -0.2) is 44.9 Å². The van der Waals surface area contributed by atoms with Crippen molar-refractivity contribution in [1.29, 1.82) is 0 Å². The molecule has 12 aromatic carbocycles. The van der Waals surface area contributed by atoms with E-state index in [0.717, 1.165) is 116 Å². The van der Waals surface area contributed by atoms with E-state index in [9.17, 15) is 0 Å². The molecule has 0 atom stereocenters. The molecule has 0 saturated carbocycles. The largest absolute Gasteiger partial charge is 0.256 e. The zero-order valence-corrected chi connectivity index (χ0v) is 49.6. The standard InChI is InChI=1S/C45H29N5.C38H24N4/c1-2-8-30(9-3-1)31-16-22-36(23-17-31)43-48-44(37-24-18-32(19-25-37)39-14-4-10-34-12-6-28-46-41(34)39)50-45(49-43)38-26-20-33(21-27-38)40-15-5-11-35-13-7-29-47-42(35)40;1-3-9-30-23-32(20-14-25(30)7-1)37-40-36(41-38(42-37)33-21-15-26-8-2-4-10-31(26)24-33)29-18-16-27(17-19-29)34-13-5-11-28-12-6-22-39-35(28)34/h1-29H;1-24H. The minimum absolute atomic E-state index is 0.613. The average Bonchev–Trinajstić information content (AvgIpc) is 1.05. The minimum atomic E-state index is 0.613. The summed E-state index contributed by atoms with van der Waals surface area (Å²) in [6.45, 7) is 0. The topological polar surface area (TPSA) is 116 Å². The number of benzene rings is 12. The molecule has 0 aliphatic rings. The maximum atomic E-state index is 5.02. The van der Waals surface area contributed by atoms with Crippen LogP contribution in [0.3, 0.4) is 0 Å². The Morgan fingerprint density at radius 2 is 0.402 bits per heavy atom. The lowest BCUT2D eigenvalue weighted by molar-refractivity contribution is 1.07. The van der Waals surface area contributed by atoms with Crippen LogP contribution < -0.4 is 0 Å². The van der Waals surface area contributed by atoms with Crippen molar-refractivity contribution < 1.29 is 0 Å². The van der Waals surface area contributed by atoms with Gasteiger partial charge in [-0.2, -0.15) is 0 Å². The molecule has 430 valence electrons. The molecule has 0 unspecified atom stereocenters. The molecule has 0 N–H and O–H groups in total. The summed E-state index contributed by atoms with van der Waals surface area (Å²) in [5.74, 6) is 3.78. The zero-order valence-electron chi connectivity index (χ0n) is 49.6. The number of hydrogen-bond donors (Lipinski definition) is 0. The van der Waals surface area contributed by atoms with E-state index in [0.29, 0.717) is 34.9 Å². The summed E-state index contributed by atoms with van der Waals surface area (Å²) in [4.78, 5) is 44.0. The van der Waals surface area contributed by atoms with Crippen LogP contribution in [0.5, 0.6) is 0 Å². The van der Waals surface area contributed by atoms with E-state index in [1.165, 1.54) is 16.3 Å². The van der Waals surface area contributed by atoms with Gasteiger partial charge in [0.1, 0.15) is 0 Å². The first kappa shape index (κ1) is 54.8. The third-order valence-electron chi connectivity index (χ3n) is 16.8. The van der Waals surface area contributed by atoms with E-state index in [1.807, 2.05) is 42.9 Å².